The van der Waals surface area contributed by atoms with Gasteiger partial charge in [-0.1, -0.05) is 99.8 Å². The van der Waals surface area contributed by atoms with Crippen molar-refractivity contribution in [2.24, 2.45) is 0 Å². The quantitative estimate of drug-likeness (QED) is 0.178. The van der Waals surface area contributed by atoms with Gasteiger partial charge in [0.05, 0.1) is 10.6 Å². The lowest BCUT2D eigenvalue weighted by Crippen LogP contribution is -2.53. The molecule has 11 heteroatoms. The number of anilines is 1. The normalized spacial score (nSPS) is 11.9. The minimum Gasteiger partial charge on any atom is -0.355 e. The van der Waals surface area contributed by atoms with Gasteiger partial charge < -0.3 is 10.2 Å². The van der Waals surface area contributed by atoms with Crippen LogP contribution in [0.1, 0.15) is 18.1 Å². The third kappa shape index (κ3) is 8.17. The highest BCUT2D eigenvalue weighted by Gasteiger charge is 2.35. The molecule has 0 aliphatic carbocycles. The maximum Gasteiger partial charge on any atom is 0.264 e. The lowest BCUT2D eigenvalue weighted by Gasteiger charge is -2.34. The topological polar surface area (TPSA) is 86.8 Å². The maximum atomic E-state index is 14.4. The zero-order chi connectivity index (χ0) is 31.0. The number of carbonyl (C=O) groups is 2. The molecular formula is C32H30BrCl2N3O4S. The number of hydrogen-bond donors (Lipinski definition) is 1. The van der Waals surface area contributed by atoms with E-state index in [4.69, 9.17) is 23.2 Å². The number of rotatable bonds is 12. The molecule has 7 nitrogen and oxygen atoms in total. The smallest absolute Gasteiger partial charge is 0.264 e. The molecule has 0 bridgehead atoms. The van der Waals surface area contributed by atoms with Crippen molar-refractivity contribution in [2.45, 2.75) is 30.8 Å². The van der Waals surface area contributed by atoms with Gasteiger partial charge in [-0.3, -0.25) is 13.9 Å². The van der Waals surface area contributed by atoms with Gasteiger partial charge in [-0.2, -0.15) is 0 Å². The minimum absolute atomic E-state index is 0.0213. The van der Waals surface area contributed by atoms with Crippen molar-refractivity contribution in [3.05, 3.63) is 129 Å². The predicted molar refractivity (Wildman–Crippen MR) is 175 cm³/mol. The van der Waals surface area contributed by atoms with Gasteiger partial charge in [0.2, 0.25) is 11.8 Å². The number of amides is 2. The zero-order valence-electron chi connectivity index (χ0n) is 23.3. The minimum atomic E-state index is -4.19. The third-order valence-corrected chi connectivity index (χ3v) is 9.71. The van der Waals surface area contributed by atoms with Crippen LogP contribution in [0.2, 0.25) is 10.0 Å². The second-order valence-corrected chi connectivity index (χ2v) is 13.2. The summed E-state index contributed by atoms with van der Waals surface area (Å²) >= 11 is 16.4. The molecule has 0 fully saturated rings. The molecule has 4 rings (SSSR count). The van der Waals surface area contributed by atoms with E-state index in [-0.39, 0.29) is 29.5 Å². The molecular weight excluding hydrogens is 673 g/mol. The molecule has 0 heterocycles. The van der Waals surface area contributed by atoms with E-state index < -0.39 is 28.5 Å². The predicted octanol–water partition coefficient (Wildman–Crippen LogP) is 6.73. The lowest BCUT2D eigenvalue weighted by molar-refractivity contribution is -0.140. The summed E-state index contributed by atoms with van der Waals surface area (Å²) < 4.78 is 29.7. The summed E-state index contributed by atoms with van der Waals surface area (Å²) in [6, 6.07) is 27.8. The molecule has 0 aliphatic heterocycles. The Kier molecular flexibility index (Phi) is 11.3. The second kappa shape index (κ2) is 14.9. The molecule has 0 saturated carbocycles. The highest BCUT2D eigenvalue weighted by atomic mass is 79.9. The summed E-state index contributed by atoms with van der Waals surface area (Å²) in [7, 11) is -4.19. The van der Waals surface area contributed by atoms with E-state index in [9.17, 15) is 18.0 Å². The average molecular weight is 703 g/mol. The van der Waals surface area contributed by atoms with Crippen molar-refractivity contribution in [1.29, 1.82) is 0 Å². The SMILES string of the molecule is CCNC(=O)C(Cc1ccccc1)N(Cc1c(Cl)cccc1Cl)C(=O)CN(c1cccc(Br)c1)S(=O)(=O)c1ccccc1. The summed E-state index contributed by atoms with van der Waals surface area (Å²) in [4.78, 5) is 29.3. The first-order valence-electron chi connectivity index (χ1n) is 13.5. The number of hydrogen-bond acceptors (Lipinski definition) is 4. The third-order valence-electron chi connectivity index (χ3n) is 6.72. The fourth-order valence-corrected chi connectivity index (χ4v) is 6.91. The van der Waals surface area contributed by atoms with Gasteiger partial charge in [-0.15, -0.1) is 0 Å². The Labute approximate surface area is 270 Å². The number of carbonyl (C=O) groups excluding carboxylic acids is 2. The molecule has 1 N–H and O–H groups in total. The van der Waals surface area contributed by atoms with Crippen LogP contribution in [-0.4, -0.2) is 44.3 Å². The van der Waals surface area contributed by atoms with E-state index >= 15 is 0 Å². The van der Waals surface area contributed by atoms with Crippen LogP contribution in [0.3, 0.4) is 0 Å². The van der Waals surface area contributed by atoms with E-state index in [2.05, 4.69) is 21.2 Å². The fourth-order valence-electron chi connectivity index (χ4n) is 4.58. The van der Waals surface area contributed by atoms with Crippen molar-refractivity contribution < 1.29 is 18.0 Å². The summed E-state index contributed by atoms with van der Waals surface area (Å²) in [6.07, 6.45) is 0.183. The molecule has 0 spiro atoms. The first-order chi connectivity index (χ1) is 20.6. The Hall–Kier alpha value is -3.37. The summed E-state index contributed by atoms with van der Waals surface area (Å²) in [5, 5.41) is 3.47. The fraction of sp³-hybridized carbons (Fsp3) is 0.188. The van der Waals surface area contributed by atoms with Crippen LogP contribution < -0.4 is 9.62 Å². The molecule has 4 aromatic carbocycles. The van der Waals surface area contributed by atoms with Crippen LogP contribution in [0.5, 0.6) is 0 Å². The van der Waals surface area contributed by atoms with Gasteiger partial charge in [-0.05, 0) is 55.0 Å². The largest absolute Gasteiger partial charge is 0.355 e. The molecule has 43 heavy (non-hydrogen) atoms. The Morgan fingerprint density at radius 3 is 2.07 bits per heavy atom. The summed E-state index contributed by atoms with van der Waals surface area (Å²) in [5.74, 6) is -0.995. The van der Waals surface area contributed by atoms with Crippen LogP contribution >= 0.6 is 39.1 Å². The average Bonchev–Trinajstić information content (AvgIpc) is 3.00. The molecule has 2 amide bonds. The zero-order valence-corrected chi connectivity index (χ0v) is 27.2. The van der Waals surface area contributed by atoms with Crippen LogP contribution in [0.25, 0.3) is 0 Å². The number of halogens is 3. The van der Waals surface area contributed by atoms with Crippen LogP contribution in [-0.2, 0) is 32.6 Å². The van der Waals surface area contributed by atoms with E-state index in [1.807, 2.05) is 30.3 Å². The first-order valence-corrected chi connectivity index (χ1v) is 16.5. The highest BCUT2D eigenvalue weighted by Crippen LogP contribution is 2.30. The monoisotopic (exact) mass is 701 g/mol. The van der Waals surface area contributed by atoms with E-state index in [1.165, 1.54) is 17.0 Å². The maximum absolute atomic E-state index is 14.4. The summed E-state index contributed by atoms with van der Waals surface area (Å²) in [5.41, 5.74) is 1.55. The number of nitrogens with zero attached hydrogens (tertiary/aromatic N) is 2. The van der Waals surface area contributed by atoms with Crippen LogP contribution in [0, 0.1) is 0 Å². The van der Waals surface area contributed by atoms with Crippen molar-refractivity contribution in [1.82, 2.24) is 10.2 Å². The van der Waals surface area contributed by atoms with E-state index in [0.29, 0.717) is 26.6 Å². The van der Waals surface area contributed by atoms with Crippen molar-refractivity contribution in [3.8, 4) is 0 Å². The van der Waals surface area contributed by atoms with Crippen molar-refractivity contribution >= 4 is 66.7 Å². The number of likely N-dealkylation sites (N-methyl/N-ethyl adjacent to an activating group) is 1. The number of sulfonamides is 1. The van der Waals surface area contributed by atoms with Gasteiger partial charge in [0.1, 0.15) is 12.6 Å². The summed E-state index contributed by atoms with van der Waals surface area (Å²) in [6.45, 7) is 1.42. The second-order valence-electron chi connectivity index (χ2n) is 9.63. The van der Waals surface area contributed by atoms with Gasteiger partial charge in [0, 0.05) is 39.6 Å². The van der Waals surface area contributed by atoms with E-state index in [1.54, 1.807) is 67.6 Å². The number of benzene rings is 4. The van der Waals surface area contributed by atoms with Gasteiger partial charge in [-0.25, -0.2) is 8.42 Å². The van der Waals surface area contributed by atoms with Gasteiger partial charge >= 0.3 is 0 Å². The van der Waals surface area contributed by atoms with Crippen molar-refractivity contribution in [3.63, 3.8) is 0 Å². The molecule has 224 valence electrons. The van der Waals surface area contributed by atoms with E-state index in [0.717, 1.165) is 9.87 Å². The Balaban J connectivity index is 1.82. The standard InChI is InChI=1S/C32H30BrCl2N3O4S/c1-2-36-32(40)30(19-23-11-5-3-6-12-23)37(21-27-28(34)17-10-18-29(27)35)31(39)22-38(25-14-9-13-24(33)20-25)43(41,42)26-15-7-4-8-16-26/h3-18,20,30H,2,19,21-22H2,1H3,(H,36,40). The molecule has 0 aromatic heterocycles. The Morgan fingerprint density at radius 2 is 1.47 bits per heavy atom. The molecule has 4 aromatic rings. The molecule has 0 radical (unpaired) electrons. The lowest BCUT2D eigenvalue weighted by atomic mass is 10.0. The Bertz CT molecular complexity index is 1650. The van der Waals surface area contributed by atoms with Crippen molar-refractivity contribution in [2.75, 3.05) is 17.4 Å². The molecule has 0 aliphatic rings. The first kappa shape index (κ1) is 32.5. The van der Waals surface area contributed by atoms with Gasteiger partial charge in [0.25, 0.3) is 10.0 Å². The van der Waals surface area contributed by atoms with Crippen LogP contribution in [0.15, 0.2) is 112 Å². The molecule has 0 saturated heterocycles. The molecule has 1 atom stereocenters. The number of nitrogens with one attached hydrogen (secondary N) is 1. The Morgan fingerprint density at radius 1 is 0.860 bits per heavy atom. The van der Waals surface area contributed by atoms with Crippen LogP contribution in [0.4, 0.5) is 5.69 Å². The molecule has 1 unspecified atom stereocenters. The van der Waals surface area contributed by atoms with Gasteiger partial charge in [0.15, 0.2) is 0 Å². The highest BCUT2D eigenvalue weighted by molar-refractivity contribution is 9.10.